The number of para-hydroxylation sites is 2. The number of rotatable bonds is 6. The smallest absolute Gasteiger partial charge is 0.339 e. The molecule has 2 aromatic carbocycles. The number of nitrogens with zero attached hydrogens (tertiary/aromatic N) is 1. The minimum atomic E-state index is -0.410. The molecule has 5 nitrogen and oxygen atoms in total. The Labute approximate surface area is 129 Å². The third-order valence-electron chi connectivity index (χ3n) is 2.68. The number of carbonyl (C=O) groups excluding carboxylic acids is 1. The molecule has 22 heavy (non-hydrogen) atoms. The van der Waals surface area contributed by atoms with E-state index in [2.05, 4.69) is 22.4 Å². The summed E-state index contributed by atoms with van der Waals surface area (Å²) in [5.74, 6) is 0.677. The average molecular weight is 295 g/mol. The van der Waals surface area contributed by atoms with Crippen LogP contribution < -0.4 is 15.5 Å². The van der Waals surface area contributed by atoms with Gasteiger partial charge in [-0.25, -0.2) is 10.2 Å². The molecular formula is C17H17N3O2. The first kappa shape index (κ1) is 15.3. The monoisotopic (exact) mass is 295 g/mol. The Kier molecular flexibility index (Phi) is 5.75. The van der Waals surface area contributed by atoms with E-state index >= 15 is 0 Å². The Bertz CT molecular complexity index is 654. The molecule has 0 aliphatic heterocycles. The molecule has 0 fully saturated rings. The van der Waals surface area contributed by atoms with E-state index < -0.39 is 6.03 Å². The van der Waals surface area contributed by atoms with Crippen molar-refractivity contribution in [2.45, 2.75) is 0 Å². The van der Waals surface area contributed by atoms with Crippen molar-refractivity contribution < 1.29 is 9.53 Å². The van der Waals surface area contributed by atoms with E-state index in [-0.39, 0.29) is 0 Å². The molecule has 5 heteroatoms. The summed E-state index contributed by atoms with van der Waals surface area (Å²) < 4.78 is 5.50. The lowest BCUT2D eigenvalue weighted by molar-refractivity contribution is 0.252. The van der Waals surface area contributed by atoms with Crippen LogP contribution in [0.15, 0.2) is 72.4 Å². The standard InChI is InChI=1S/C17H17N3O2/c1-2-12-22-16-11-7-6-8-14(16)13-18-20-17(21)19-15-9-4-3-5-10-15/h2-11,13H,1,12H2,(H2,19,20,21)/b18-13-. The molecule has 2 aromatic rings. The molecule has 0 heterocycles. The molecule has 0 atom stereocenters. The lowest BCUT2D eigenvalue weighted by atomic mass is 10.2. The first-order valence-corrected chi connectivity index (χ1v) is 6.77. The van der Waals surface area contributed by atoms with Gasteiger partial charge in [0.1, 0.15) is 12.4 Å². The van der Waals surface area contributed by atoms with Gasteiger partial charge < -0.3 is 10.1 Å². The SMILES string of the molecule is C=CCOc1ccccc1/C=N\NC(=O)Nc1ccccc1. The minimum absolute atomic E-state index is 0.409. The largest absolute Gasteiger partial charge is 0.489 e. The van der Waals surface area contributed by atoms with Gasteiger partial charge in [0.05, 0.1) is 6.21 Å². The van der Waals surface area contributed by atoms with Gasteiger partial charge in [0.15, 0.2) is 0 Å². The van der Waals surface area contributed by atoms with Gasteiger partial charge in [0.2, 0.25) is 0 Å². The molecule has 0 aromatic heterocycles. The van der Waals surface area contributed by atoms with Crippen molar-refractivity contribution in [3.8, 4) is 5.75 Å². The maximum absolute atomic E-state index is 11.7. The molecule has 0 radical (unpaired) electrons. The van der Waals surface area contributed by atoms with Gasteiger partial charge in [-0.2, -0.15) is 5.10 Å². The molecule has 0 spiro atoms. The Morgan fingerprint density at radius 2 is 1.86 bits per heavy atom. The Morgan fingerprint density at radius 1 is 1.14 bits per heavy atom. The first-order valence-electron chi connectivity index (χ1n) is 6.77. The van der Waals surface area contributed by atoms with Crippen LogP contribution in [0.2, 0.25) is 0 Å². The second-order valence-corrected chi connectivity index (χ2v) is 4.33. The summed E-state index contributed by atoms with van der Waals surface area (Å²) >= 11 is 0. The number of anilines is 1. The van der Waals surface area contributed by atoms with E-state index in [4.69, 9.17) is 4.74 Å². The van der Waals surface area contributed by atoms with Gasteiger partial charge in [-0.05, 0) is 24.3 Å². The molecule has 0 saturated carbocycles. The highest BCUT2D eigenvalue weighted by atomic mass is 16.5. The number of nitrogens with one attached hydrogen (secondary N) is 2. The summed E-state index contributed by atoms with van der Waals surface area (Å²) in [6.45, 7) is 4.02. The first-order chi connectivity index (χ1) is 10.8. The maximum atomic E-state index is 11.7. The van der Waals surface area contributed by atoms with E-state index in [0.29, 0.717) is 18.0 Å². The summed E-state index contributed by atoms with van der Waals surface area (Å²) in [7, 11) is 0. The topological polar surface area (TPSA) is 62.7 Å². The van der Waals surface area contributed by atoms with Crippen molar-refractivity contribution in [2.24, 2.45) is 5.10 Å². The Hall–Kier alpha value is -3.08. The summed E-state index contributed by atoms with van der Waals surface area (Å²) in [6, 6.07) is 16.1. The van der Waals surface area contributed by atoms with Gasteiger partial charge in [-0.1, -0.05) is 43.0 Å². The third-order valence-corrected chi connectivity index (χ3v) is 2.68. The van der Waals surface area contributed by atoms with Gasteiger partial charge in [0, 0.05) is 11.3 Å². The summed E-state index contributed by atoms with van der Waals surface area (Å²) in [4.78, 5) is 11.7. The number of hydrazone groups is 1. The highest BCUT2D eigenvalue weighted by Gasteiger charge is 2.01. The van der Waals surface area contributed by atoms with Crippen LogP contribution in [0.3, 0.4) is 0 Å². The highest BCUT2D eigenvalue weighted by molar-refractivity contribution is 5.90. The van der Waals surface area contributed by atoms with Crippen LogP contribution in [0, 0.1) is 0 Å². The molecule has 2 rings (SSSR count). The van der Waals surface area contributed by atoms with Crippen LogP contribution in [-0.2, 0) is 0 Å². The van der Waals surface area contributed by atoms with E-state index in [1.54, 1.807) is 18.2 Å². The molecule has 0 aliphatic carbocycles. The zero-order valence-corrected chi connectivity index (χ0v) is 12.0. The number of ether oxygens (including phenoxy) is 1. The van der Waals surface area contributed by atoms with Crippen molar-refractivity contribution in [1.82, 2.24) is 5.43 Å². The molecule has 2 N–H and O–H groups in total. The van der Waals surface area contributed by atoms with Crippen LogP contribution in [0.4, 0.5) is 10.5 Å². The maximum Gasteiger partial charge on any atom is 0.339 e. The molecule has 112 valence electrons. The second-order valence-electron chi connectivity index (χ2n) is 4.33. The highest BCUT2D eigenvalue weighted by Crippen LogP contribution is 2.15. The Morgan fingerprint density at radius 3 is 2.64 bits per heavy atom. The number of hydrogen-bond acceptors (Lipinski definition) is 3. The molecule has 0 bridgehead atoms. The lowest BCUT2D eigenvalue weighted by Gasteiger charge is -2.06. The molecule has 0 saturated heterocycles. The van der Waals surface area contributed by atoms with Gasteiger partial charge >= 0.3 is 6.03 Å². The zero-order chi connectivity index (χ0) is 15.6. The van der Waals surface area contributed by atoms with Crippen LogP contribution in [0.25, 0.3) is 0 Å². The van der Waals surface area contributed by atoms with E-state index in [1.807, 2.05) is 42.5 Å². The molecule has 0 aliphatic rings. The normalized spacial score (nSPS) is 10.2. The van der Waals surface area contributed by atoms with Crippen molar-refractivity contribution in [1.29, 1.82) is 0 Å². The quantitative estimate of drug-likeness (QED) is 0.487. The van der Waals surface area contributed by atoms with Crippen molar-refractivity contribution in [2.75, 3.05) is 11.9 Å². The van der Waals surface area contributed by atoms with Crippen molar-refractivity contribution in [3.05, 3.63) is 72.8 Å². The van der Waals surface area contributed by atoms with Crippen LogP contribution in [0.5, 0.6) is 5.75 Å². The van der Waals surface area contributed by atoms with Crippen LogP contribution >= 0.6 is 0 Å². The van der Waals surface area contributed by atoms with Gasteiger partial charge in [0.25, 0.3) is 0 Å². The van der Waals surface area contributed by atoms with Crippen LogP contribution in [0.1, 0.15) is 5.56 Å². The van der Waals surface area contributed by atoms with Crippen LogP contribution in [-0.4, -0.2) is 18.9 Å². The van der Waals surface area contributed by atoms with E-state index in [1.165, 1.54) is 6.21 Å². The fraction of sp³-hybridized carbons (Fsp3) is 0.0588. The second kappa shape index (κ2) is 8.26. The van der Waals surface area contributed by atoms with E-state index in [9.17, 15) is 4.79 Å². The predicted molar refractivity (Wildman–Crippen MR) is 88.3 cm³/mol. The number of benzene rings is 2. The number of carbonyl (C=O) groups is 1. The summed E-state index contributed by atoms with van der Waals surface area (Å²) in [5.41, 5.74) is 3.87. The number of hydrogen-bond donors (Lipinski definition) is 2. The zero-order valence-electron chi connectivity index (χ0n) is 12.0. The lowest BCUT2D eigenvalue weighted by Crippen LogP contribution is -2.24. The minimum Gasteiger partial charge on any atom is -0.489 e. The molecular weight excluding hydrogens is 278 g/mol. The molecule has 0 unspecified atom stereocenters. The van der Waals surface area contributed by atoms with Gasteiger partial charge in [-0.15, -0.1) is 0 Å². The number of amides is 2. The van der Waals surface area contributed by atoms with E-state index in [0.717, 1.165) is 5.56 Å². The Balaban J connectivity index is 1.92. The third kappa shape index (κ3) is 4.79. The fourth-order valence-electron chi connectivity index (χ4n) is 1.71. The summed E-state index contributed by atoms with van der Waals surface area (Å²) in [5, 5.41) is 6.58. The number of urea groups is 1. The molecule has 2 amide bonds. The van der Waals surface area contributed by atoms with Gasteiger partial charge in [-0.3, -0.25) is 0 Å². The van der Waals surface area contributed by atoms with Crippen molar-refractivity contribution in [3.63, 3.8) is 0 Å². The fourth-order valence-corrected chi connectivity index (χ4v) is 1.71. The summed E-state index contributed by atoms with van der Waals surface area (Å²) in [6.07, 6.45) is 3.20. The predicted octanol–water partition coefficient (Wildman–Crippen LogP) is 3.41. The van der Waals surface area contributed by atoms with Crippen molar-refractivity contribution >= 4 is 17.9 Å². The average Bonchev–Trinajstić information content (AvgIpc) is 2.55.